The summed E-state index contributed by atoms with van der Waals surface area (Å²) < 4.78 is 58.8. The number of aliphatic hydroxyl groups excluding tert-OH is 1. The van der Waals surface area contributed by atoms with E-state index in [0.29, 0.717) is 5.65 Å². The number of hydrogen-bond acceptors (Lipinski definition) is 8. The third kappa shape index (κ3) is 5.12. The Morgan fingerprint density at radius 1 is 1.31 bits per heavy atom. The Hall–Kier alpha value is -3.91. The third-order valence-electron chi connectivity index (χ3n) is 4.84. The van der Waals surface area contributed by atoms with E-state index in [2.05, 4.69) is 25.2 Å². The van der Waals surface area contributed by atoms with Gasteiger partial charge in [-0.15, -0.1) is 0 Å². The minimum atomic E-state index is -3.96. The van der Waals surface area contributed by atoms with E-state index >= 15 is 0 Å². The van der Waals surface area contributed by atoms with E-state index in [1.165, 1.54) is 41.8 Å². The Balaban J connectivity index is 1.78. The number of rotatable bonds is 8. The zero-order chi connectivity index (χ0) is 25.3. The molecule has 1 aromatic carbocycles. The van der Waals surface area contributed by atoms with Gasteiger partial charge in [-0.25, -0.2) is 17.9 Å². The minimum Gasteiger partial charge on any atom is -0.434 e. The number of carbonyl (C=O) groups excluding carboxylic acids is 1. The molecular formula is C21H20F2N6O5S. The first-order valence-electron chi connectivity index (χ1n) is 10.2. The fourth-order valence-corrected chi connectivity index (χ4v) is 4.86. The first-order chi connectivity index (χ1) is 16.5. The second-order valence-corrected chi connectivity index (χ2v) is 9.67. The van der Waals surface area contributed by atoms with Gasteiger partial charge in [0.2, 0.25) is 0 Å². The van der Waals surface area contributed by atoms with Crippen LogP contribution in [0, 0.1) is 0 Å². The van der Waals surface area contributed by atoms with Gasteiger partial charge in [0, 0.05) is 31.2 Å². The molecule has 0 aliphatic carbocycles. The highest BCUT2D eigenvalue weighted by Gasteiger charge is 2.25. The number of amides is 1. The molecule has 184 valence electrons. The molecule has 0 aliphatic rings. The van der Waals surface area contributed by atoms with Crippen molar-refractivity contribution in [3.05, 3.63) is 54.6 Å². The number of benzene rings is 1. The number of aliphatic hydroxyl groups is 1. The summed E-state index contributed by atoms with van der Waals surface area (Å²) in [5, 5.41) is 20.5. The monoisotopic (exact) mass is 506 g/mol. The molecule has 0 spiro atoms. The van der Waals surface area contributed by atoms with E-state index in [4.69, 9.17) is 0 Å². The molecule has 1 amide bonds. The minimum absolute atomic E-state index is 0.00460. The van der Waals surface area contributed by atoms with Crippen LogP contribution in [-0.4, -0.2) is 62.3 Å². The molecule has 11 nitrogen and oxygen atoms in total. The van der Waals surface area contributed by atoms with E-state index in [9.17, 15) is 27.1 Å². The predicted octanol–water partition coefficient (Wildman–Crippen LogP) is 2.14. The smallest absolute Gasteiger partial charge is 0.387 e. The molecule has 35 heavy (non-hydrogen) atoms. The van der Waals surface area contributed by atoms with Crippen LogP contribution in [0.1, 0.15) is 17.3 Å². The van der Waals surface area contributed by atoms with E-state index < -0.39 is 34.2 Å². The summed E-state index contributed by atoms with van der Waals surface area (Å²) in [6.45, 7) is -1.88. The number of aromatic nitrogens is 5. The van der Waals surface area contributed by atoms with Gasteiger partial charge in [-0.1, -0.05) is 0 Å². The third-order valence-corrected chi connectivity index (χ3v) is 6.74. The standard InChI is InChI=1S/C21H20F2N6O5S/c1-12(30)11-35(32,33)13-4-5-17(34-21(22)23)14(8-13)18-16(10-28(2)27-18)26-20(31)15-9-25-29-7-3-6-24-19(15)29/h3-10,12,21,30H,11H2,1-2H3,(H,26,31)/t12-/m0/s1. The van der Waals surface area contributed by atoms with Gasteiger partial charge in [0.15, 0.2) is 15.5 Å². The second kappa shape index (κ2) is 9.38. The Labute approximate surface area is 197 Å². The lowest BCUT2D eigenvalue weighted by Crippen LogP contribution is -2.18. The molecule has 0 bridgehead atoms. The molecule has 4 rings (SSSR count). The maximum absolute atomic E-state index is 13.1. The van der Waals surface area contributed by atoms with Crippen molar-refractivity contribution in [3.8, 4) is 17.0 Å². The highest BCUT2D eigenvalue weighted by molar-refractivity contribution is 7.91. The lowest BCUT2D eigenvalue weighted by atomic mass is 10.1. The molecule has 0 radical (unpaired) electrons. The molecule has 0 aliphatic heterocycles. The number of alkyl halides is 2. The Bertz CT molecular complexity index is 1500. The van der Waals surface area contributed by atoms with Crippen molar-refractivity contribution in [2.75, 3.05) is 11.1 Å². The summed E-state index contributed by atoms with van der Waals surface area (Å²) in [7, 11) is -2.42. The van der Waals surface area contributed by atoms with Gasteiger partial charge in [-0.05, 0) is 31.2 Å². The van der Waals surface area contributed by atoms with E-state index in [-0.39, 0.29) is 33.2 Å². The van der Waals surface area contributed by atoms with Gasteiger partial charge in [0.1, 0.15) is 17.0 Å². The number of nitrogens with zero attached hydrogens (tertiary/aromatic N) is 5. The highest BCUT2D eigenvalue weighted by atomic mass is 32.2. The summed E-state index contributed by atoms with van der Waals surface area (Å²) in [6.07, 6.45) is 4.71. The first-order valence-corrected chi connectivity index (χ1v) is 11.8. The summed E-state index contributed by atoms with van der Waals surface area (Å²) in [5.74, 6) is -1.51. The van der Waals surface area contributed by atoms with Crippen LogP contribution in [0.25, 0.3) is 16.9 Å². The van der Waals surface area contributed by atoms with Crippen molar-refractivity contribution >= 4 is 27.1 Å². The lowest BCUT2D eigenvalue weighted by Gasteiger charge is -2.13. The molecule has 14 heteroatoms. The highest BCUT2D eigenvalue weighted by Crippen LogP contribution is 2.37. The molecule has 4 aromatic rings. The molecule has 0 unspecified atom stereocenters. The Morgan fingerprint density at radius 3 is 2.80 bits per heavy atom. The van der Waals surface area contributed by atoms with E-state index in [0.717, 1.165) is 18.2 Å². The zero-order valence-corrected chi connectivity index (χ0v) is 19.3. The van der Waals surface area contributed by atoms with Crippen LogP contribution in [0.3, 0.4) is 0 Å². The lowest BCUT2D eigenvalue weighted by molar-refractivity contribution is -0.0494. The fourth-order valence-electron chi connectivity index (χ4n) is 3.46. The van der Waals surface area contributed by atoms with Crippen LogP contribution in [-0.2, 0) is 16.9 Å². The number of fused-ring (bicyclic) bond motifs is 1. The SMILES string of the molecule is C[C@H](O)CS(=O)(=O)c1ccc(OC(F)F)c(-c2nn(C)cc2NC(=O)c2cnn3cccnc23)c1. The van der Waals surface area contributed by atoms with Crippen molar-refractivity contribution in [1.29, 1.82) is 0 Å². The number of anilines is 1. The number of halogens is 2. The number of carbonyl (C=O) groups is 1. The van der Waals surface area contributed by atoms with Crippen molar-refractivity contribution in [3.63, 3.8) is 0 Å². The number of nitrogens with one attached hydrogen (secondary N) is 1. The van der Waals surface area contributed by atoms with Gasteiger partial charge < -0.3 is 15.2 Å². The van der Waals surface area contributed by atoms with Crippen LogP contribution in [0.15, 0.2) is 53.9 Å². The molecule has 0 fully saturated rings. The van der Waals surface area contributed by atoms with Crippen molar-refractivity contribution in [2.24, 2.45) is 7.05 Å². The average molecular weight is 506 g/mol. The number of hydrogen-bond donors (Lipinski definition) is 2. The molecule has 0 saturated heterocycles. The first kappa shape index (κ1) is 24.2. The van der Waals surface area contributed by atoms with Gasteiger partial charge in [0.25, 0.3) is 5.91 Å². The van der Waals surface area contributed by atoms with Crippen LogP contribution in [0.5, 0.6) is 5.75 Å². The van der Waals surface area contributed by atoms with Crippen LogP contribution >= 0.6 is 0 Å². The molecule has 2 N–H and O–H groups in total. The predicted molar refractivity (Wildman–Crippen MR) is 120 cm³/mol. The topological polar surface area (TPSA) is 141 Å². The summed E-state index contributed by atoms with van der Waals surface area (Å²) in [6, 6.07) is 4.94. The molecule has 3 aromatic heterocycles. The zero-order valence-electron chi connectivity index (χ0n) is 18.5. The van der Waals surface area contributed by atoms with Crippen molar-refractivity contribution in [2.45, 2.75) is 24.5 Å². The number of aryl methyl sites for hydroxylation is 1. The van der Waals surface area contributed by atoms with Crippen LogP contribution < -0.4 is 10.1 Å². The maximum Gasteiger partial charge on any atom is 0.387 e. The normalized spacial score (nSPS) is 12.7. The summed E-state index contributed by atoms with van der Waals surface area (Å²) in [4.78, 5) is 16.9. The number of sulfone groups is 1. The van der Waals surface area contributed by atoms with E-state index in [1.54, 1.807) is 12.3 Å². The Kier molecular flexibility index (Phi) is 6.49. The van der Waals surface area contributed by atoms with Gasteiger partial charge >= 0.3 is 6.61 Å². The van der Waals surface area contributed by atoms with Crippen molar-refractivity contribution in [1.82, 2.24) is 24.4 Å². The van der Waals surface area contributed by atoms with Crippen molar-refractivity contribution < 1.29 is 31.8 Å². The summed E-state index contributed by atoms with van der Waals surface area (Å²) in [5.41, 5.74) is 0.457. The average Bonchev–Trinajstić information content (AvgIpc) is 3.36. The Morgan fingerprint density at radius 2 is 2.09 bits per heavy atom. The quantitative estimate of drug-likeness (QED) is 0.370. The fraction of sp³-hybridized carbons (Fsp3) is 0.238. The maximum atomic E-state index is 13.1. The largest absolute Gasteiger partial charge is 0.434 e. The van der Waals surface area contributed by atoms with Gasteiger partial charge in [0.05, 0.1) is 28.6 Å². The molecule has 0 saturated carbocycles. The van der Waals surface area contributed by atoms with Crippen LogP contribution in [0.4, 0.5) is 14.5 Å². The molecule has 1 atom stereocenters. The molecule has 3 heterocycles. The molecular weight excluding hydrogens is 486 g/mol. The number of ether oxygens (including phenoxy) is 1. The van der Waals surface area contributed by atoms with Gasteiger partial charge in [-0.3, -0.25) is 9.48 Å². The second-order valence-electron chi connectivity index (χ2n) is 7.63. The van der Waals surface area contributed by atoms with Crippen LogP contribution in [0.2, 0.25) is 0 Å². The summed E-state index contributed by atoms with van der Waals surface area (Å²) >= 11 is 0. The van der Waals surface area contributed by atoms with Gasteiger partial charge in [-0.2, -0.15) is 19.0 Å². The van der Waals surface area contributed by atoms with E-state index in [1.807, 2.05) is 0 Å².